The van der Waals surface area contributed by atoms with Crippen molar-refractivity contribution in [3.8, 4) is 0 Å². The minimum Gasteiger partial charge on any atom is -0.371 e. The molecule has 2 atom stereocenters. The van der Waals surface area contributed by atoms with E-state index in [4.69, 9.17) is 0 Å². The average Bonchev–Trinajstić information content (AvgIpc) is 3.46. The lowest BCUT2D eigenvalue weighted by atomic mass is 9.98. The molecule has 3 aromatic rings. The van der Waals surface area contributed by atoms with Crippen molar-refractivity contribution < 1.29 is 9.59 Å². The molecule has 4 rings (SSSR count). The number of carbonyl (C=O) groups excluding carboxylic acids is 2. The minimum absolute atomic E-state index is 0.0278. The first-order valence-electron chi connectivity index (χ1n) is 11.4. The van der Waals surface area contributed by atoms with Crippen molar-refractivity contribution >= 4 is 28.8 Å². The largest absolute Gasteiger partial charge is 0.371 e. The van der Waals surface area contributed by atoms with Crippen LogP contribution in [0, 0.1) is 12.8 Å². The molecule has 1 saturated heterocycles. The summed E-state index contributed by atoms with van der Waals surface area (Å²) in [6, 6.07) is 11.1. The summed E-state index contributed by atoms with van der Waals surface area (Å²) in [5.41, 5.74) is 3.93. The number of hydrogen-bond donors (Lipinski definition) is 2. The first kappa shape index (κ1) is 21.9. The van der Waals surface area contributed by atoms with Crippen LogP contribution in [-0.4, -0.2) is 40.3 Å². The molecule has 1 aliphatic heterocycles. The summed E-state index contributed by atoms with van der Waals surface area (Å²) >= 11 is 0. The van der Waals surface area contributed by atoms with Gasteiger partial charge in [-0.15, -0.1) is 0 Å². The Balaban J connectivity index is 1.49. The molecule has 7 heteroatoms. The number of rotatable bonds is 7. The molecule has 0 radical (unpaired) electrons. The fourth-order valence-corrected chi connectivity index (χ4v) is 4.09. The highest BCUT2D eigenvalue weighted by Gasteiger charge is 2.27. The third-order valence-corrected chi connectivity index (χ3v) is 6.22. The molecule has 1 aromatic carbocycles. The minimum atomic E-state index is -0.658. The molecule has 168 valence electrons. The molecule has 1 aliphatic rings. The number of imidazole rings is 1. The number of carbonyl (C=O) groups is 2. The maximum absolute atomic E-state index is 13.2. The first-order valence-corrected chi connectivity index (χ1v) is 11.4. The van der Waals surface area contributed by atoms with E-state index in [2.05, 4.69) is 26.6 Å². The van der Waals surface area contributed by atoms with E-state index in [-0.39, 0.29) is 17.7 Å². The van der Waals surface area contributed by atoms with Gasteiger partial charge in [0.2, 0.25) is 5.91 Å². The van der Waals surface area contributed by atoms with Crippen LogP contribution in [0.1, 0.15) is 49.2 Å². The summed E-state index contributed by atoms with van der Waals surface area (Å²) in [6.45, 7) is 8.05. The van der Waals surface area contributed by atoms with Crippen LogP contribution in [0.4, 0.5) is 11.4 Å². The fourth-order valence-electron chi connectivity index (χ4n) is 4.09. The Hall–Kier alpha value is -3.35. The van der Waals surface area contributed by atoms with Gasteiger partial charge < -0.3 is 19.9 Å². The SMILES string of the molecule is CCC(C)C(NC(=O)c1cn2ccc(C)cc2n1)C(=O)Nc1cccc(N2CCCC2)c1. The van der Waals surface area contributed by atoms with Crippen molar-refractivity contribution in [3.05, 3.63) is 60.0 Å². The monoisotopic (exact) mass is 433 g/mol. The van der Waals surface area contributed by atoms with E-state index in [9.17, 15) is 9.59 Å². The van der Waals surface area contributed by atoms with E-state index in [1.807, 2.05) is 61.7 Å². The molecule has 0 aliphatic carbocycles. The van der Waals surface area contributed by atoms with Crippen molar-refractivity contribution in [2.75, 3.05) is 23.3 Å². The van der Waals surface area contributed by atoms with Gasteiger partial charge in [0.1, 0.15) is 17.4 Å². The zero-order valence-corrected chi connectivity index (χ0v) is 19.0. The van der Waals surface area contributed by atoms with Crippen LogP contribution in [0.3, 0.4) is 0 Å². The number of hydrogen-bond acceptors (Lipinski definition) is 4. The van der Waals surface area contributed by atoms with Gasteiger partial charge in [0, 0.05) is 36.9 Å². The number of benzene rings is 1. The molecule has 3 heterocycles. The van der Waals surface area contributed by atoms with Crippen LogP contribution in [0.15, 0.2) is 48.8 Å². The lowest BCUT2D eigenvalue weighted by Crippen LogP contribution is -2.47. The van der Waals surface area contributed by atoms with Gasteiger partial charge in [-0.05, 0) is 61.6 Å². The van der Waals surface area contributed by atoms with Gasteiger partial charge in [0.25, 0.3) is 5.91 Å². The van der Waals surface area contributed by atoms with E-state index in [0.29, 0.717) is 11.3 Å². The topological polar surface area (TPSA) is 78.7 Å². The number of anilines is 2. The Morgan fingerprint density at radius 3 is 2.69 bits per heavy atom. The molecule has 2 unspecified atom stereocenters. The Bertz CT molecular complexity index is 1120. The Morgan fingerprint density at radius 1 is 1.16 bits per heavy atom. The van der Waals surface area contributed by atoms with Crippen LogP contribution >= 0.6 is 0 Å². The quantitative estimate of drug-likeness (QED) is 0.590. The predicted molar refractivity (Wildman–Crippen MR) is 127 cm³/mol. The van der Waals surface area contributed by atoms with Gasteiger partial charge in [-0.25, -0.2) is 4.98 Å². The Labute approximate surface area is 188 Å². The summed E-state index contributed by atoms with van der Waals surface area (Å²) < 4.78 is 1.81. The van der Waals surface area contributed by atoms with Crippen molar-refractivity contribution in [1.82, 2.24) is 14.7 Å². The van der Waals surface area contributed by atoms with E-state index >= 15 is 0 Å². The normalized spacial score (nSPS) is 15.5. The highest BCUT2D eigenvalue weighted by Crippen LogP contribution is 2.24. The molecule has 32 heavy (non-hydrogen) atoms. The number of fused-ring (bicyclic) bond motifs is 1. The molecule has 2 N–H and O–H groups in total. The van der Waals surface area contributed by atoms with Gasteiger partial charge in [-0.1, -0.05) is 26.3 Å². The second-order valence-electron chi connectivity index (χ2n) is 8.67. The second kappa shape index (κ2) is 9.42. The standard InChI is InChI=1S/C25H31N5O2/c1-4-18(3)23(28-24(31)21-16-30-13-10-17(2)14-22(30)27-21)25(32)26-19-8-7-9-20(15-19)29-11-5-6-12-29/h7-10,13-16,18,23H,4-6,11-12H2,1-3H3,(H,26,32)(H,28,31). The highest BCUT2D eigenvalue weighted by molar-refractivity contribution is 6.01. The maximum Gasteiger partial charge on any atom is 0.272 e. The lowest BCUT2D eigenvalue weighted by molar-refractivity contribution is -0.119. The Kier molecular flexibility index (Phi) is 6.44. The molecule has 0 spiro atoms. The number of amides is 2. The summed E-state index contributed by atoms with van der Waals surface area (Å²) in [5, 5.41) is 5.92. The summed E-state index contributed by atoms with van der Waals surface area (Å²) in [4.78, 5) is 32.9. The van der Waals surface area contributed by atoms with Gasteiger partial charge in [-0.2, -0.15) is 0 Å². The summed E-state index contributed by atoms with van der Waals surface area (Å²) in [6.07, 6.45) is 6.72. The van der Waals surface area contributed by atoms with E-state index < -0.39 is 6.04 Å². The van der Waals surface area contributed by atoms with Crippen molar-refractivity contribution in [3.63, 3.8) is 0 Å². The van der Waals surface area contributed by atoms with Crippen LogP contribution in [0.5, 0.6) is 0 Å². The van der Waals surface area contributed by atoms with Crippen molar-refractivity contribution in [2.45, 2.75) is 46.1 Å². The summed E-state index contributed by atoms with van der Waals surface area (Å²) in [7, 11) is 0. The third kappa shape index (κ3) is 4.77. The van der Waals surface area contributed by atoms with Gasteiger partial charge in [-0.3, -0.25) is 9.59 Å². The molecular formula is C25H31N5O2. The van der Waals surface area contributed by atoms with Gasteiger partial charge >= 0.3 is 0 Å². The number of aryl methyl sites for hydroxylation is 1. The van der Waals surface area contributed by atoms with Gasteiger partial charge in [0.15, 0.2) is 0 Å². The zero-order chi connectivity index (χ0) is 22.7. The summed E-state index contributed by atoms with van der Waals surface area (Å²) in [5.74, 6) is -0.594. The van der Waals surface area contributed by atoms with Crippen LogP contribution in [0.2, 0.25) is 0 Å². The van der Waals surface area contributed by atoms with Crippen LogP contribution in [0.25, 0.3) is 5.65 Å². The van der Waals surface area contributed by atoms with Crippen molar-refractivity contribution in [1.29, 1.82) is 0 Å². The van der Waals surface area contributed by atoms with E-state index in [1.54, 1.807) is 6.20 Å². The molecular weight excluding hydrogens is 402 g/mol. The number of aromatic nitrogens is 2. The molecule has 1 fully saturated rings. The third-order valence-electron chi connectivity index (χ3n) is 6.22. The smallest absolute Gasteiger partial charge is 0.272 e. The molecule has 2 amide bonds. The molecule has 7 nitrogen and oxygen atoms in total. The van der Waals surface area contributed by atoms with Gasteiger partial charge in [0.05, 0.1) is 0 Å². The van der Waals surface area contributed by atoms with Crippen molar-refractivity contribution in [2.24, 2.45) is 5.92 Å². The molecule has 0 saturated carbocycles. The second-order valence-corrected chi connectivity index (χ2v) is 8.67. The molecule has 2 aromatic heterocycles. The number of nitrogens with one attached hydrogen (secondary N) is 2. The number of nitrogens with zero attached hydrogens (tertiary/aromatic N) is 3. The fraction of sp³-hybridized carbons (Fsp3) is 0.400. The van der Waals surface area contributed by atoms with E-state index in [0.717, 1.165) is 36.4 Å². The zero-order valence-electron chi connectivity index (χ0n) is 19.0. The average molecular weight is 434 g/mol. The van der Waals surface area contributed by atoms with Crippen LogP contribution < -0.4 is 15.5 Å². The highest BCUT2D eigenvalue weighted by atomic mass is 16.2. The first-order chi connectivity index (χ1) is 15.4. The lowest BCUT2D eigenvalue weighted by Gasteiger charge is -2.24. The number of pyridine rings is 1. The van der Waals surface area contributed by atoms with Crippen LogP contribution in [-0.2, 0) is 4.79 Å². The Morgan fingerprint density at radius 2 is 1.94 bits per heavy atom. The molecule has 0 bridgehead atoms. The predicted octanol–water partition coefficient (Wildman–Crippen LogP) is 4.03. The van der Waals surface area contributed by atoms with E-state index in [1.165, 1.54) is 12.8 Å². The maximum atomic E-state index is 13.2.